The average molecular weight is 386 g/mol. The van der Waals surface area contributed by atoms with E-state index in [-0.39, 0.29) is 18.0 Å². The molecule has 0 fully saturated rings. The van der Waals surface area contributed by atoms with E-state index in [4.69, 9.17) is 0 Å². The third-order valence-corrected chi connectivity index (χ3v) is 5.07. The molecule has 3 amide bonds. The molecule has 29 heavy (non-hydrogen) atoms. The highest BCUT2D eigenvalue weighted by molar-refractivity contribution is 6.05. The van der Waals surface area contributed by atoms with Gasteiger partial charge in [0.2, 0.25) is 0 Å². The van der Waals surface area contributed by atoms with E-state index in [2.05, 4.69) is 15.6 Å². The number of aromatic nitrogens is 1. The number of urea groups is 1. The standard InChI is InChI=1S/C23H22N4O2/c1-16(17-7-6-13-24-15-17)25-22(28)20-10-5-11-21-19(20)12-14-27(21)23(29)26-18-8-3-2-4-9-18/h2-11,13,15-16H,12,14H2,1H3,(H,25,28)(H,26,29)/t16-/m1/s1. The van der Waals surface area contributed by atoms with Crippen LogP contribution in [0, 0.1) is 0 Å². The summed E-state index contributed by atoms with van der Waals surface area (Å²) in [6.07, 6.45) is 4.09. The monoisotopic (exact) mass is 386 g/mol. The van der Waals surface area contributed by atoms with Crippen molar-refractivity contribution in [1.29, 1.82) is 0 Å². The third-order valence-electron chi connectivity index (χ3n) is 5.07. The first-order chi connectivity index (χ1) is 14.1. The minimum absolute atomic E-state index is 0.150. The van der Waals surface area contributed by atoms with Crippen LogP contribution in [-0.4, -0.2) is 23.5 Å². The summed E-state index contributed by atoms with van der Waals surface area (Å²) in [7, 11) is 0. The van der Waals surface area contributed by atoms with Gasteiger partial charge in [-0.2, -0.15) is 0 Å². The highest BCUT2D eigenvalue weighted by Gasteiger charge is 2.28. The van der Waals surface area contributed by atoms with Crippen LogP contribution in [0.3, 0.4) is 0 Å². The molecule has 2 heterocycles. The minimum Gasteiger partial charge on any atom is -0.345 e. The molecule has 1 aliphatic heterocycles. The number of hydrogen-bond acceptors (Lipinski definition) is 3. The maximum absolute atomic E-state index is 12.9. The van der Waals surface area contributed by atoms with E-state index in [1.807, 2.05) is 67.6 Å². The van der Waals surface area contributed by atoms with Crippen molar-refractivity contribution in [2.45, 2.75) is 19.4 Å². The number of carbonyl (C=O) groups excluding carboxylic acids is 2. The topological polar surface area (TPSA) is 74.3 Å². The fraction of sp³-hybridized carbons (Fsp3) is 0.174. The third kappa shape index (κ3) is 3.96. The molecule has 146 valence electrons. The van der Waals surface area contributed by atoms with Crippen LogP contribution in [0.5, 0.6) is 0 Å². The van der Waals surface area contributed by atoms with Crippen LogP contribution < -0.4 is 15.5 Å². The normalized spacial score (nSPS) is 13.5. The van der Waals surface area contributed by atoms with Crippen LogP contribution in [0.15, 0.2) is 73.1 Å². The molecule has 0 radical (unpaired) electrons. The largest absolute Gasteiger partial charge is 0.345 e. The Morgan fingerprint density at radius 1 is 1.03 bits per heavy atom. The van der Waals surface area contributed by atoms with E-state index >= 15 is 0 Å². The molecule has 3 aromatic rings. The summed E-state index contributed by atoms with van der Waals surface area (Å²) in [4.78, 5) is 31.4. The summed E-state index contributed by atoms with van der Waals surface area (Å²) in [6.45, 7) is 2.47. The van der Waals surface area contributed by atoms with E-state index in [9.17, 15) is 9.59 Å². The fourth-order valence-corrected chi connectivity index (χ4v) is 3.56. The number of para-hydroxylation sites is 1. The zero-order valence-electron chi connectivity index (χ0n) is 16.1. The maximum atomic E-state index is 12.9. The smallest absolute Gasteiger partial charge is 0.326 e. The first-order valence-electron chi connectivity index (χ1n) is 9.60. The van der Waals surface area contributed by atoms with E-state index in [1.54, 1.807) is 17.3 Å². The Labute approximate surface area is 169 Å². The number of nitrogens with zero attached hydrogens (tertiary/aromatic N) is 2. The zero-order valence-corrected chi connectivity index (χ0v) is 16.1. The van der Waals surface area contributed by atoms with Crippen molar-refractivity contribution in [1.82, 2.24) is 10.3 Å². The number of rotatable bonds is 4. The van der Waals surface area contributed by atoms with E-state index in [1.165, 1.54) is 0 Å². The molecule has 0 bridgehead atoms. The van der Waals surface area contributed by atoms with Gasteiger partial charge in [0, 0.05) is 35.9 Å². The van der Waals surface area contributed by atoms with Gasteiger partial charge in [0.15, 0.2) is 0 Å². The van der Waals surface area contributed by atoms with Gasteiger partial charge in [-0.05, 0) is 54.8 Å². The van der Waals surface area contributed by atoms with Gasteiger partial charge in [0.25, 0.3) is 5.91 Å². The quantitative estimate of drug-likeness (QED) is 0.707. The van der Waals surface area contributed by atoms with Crippen LogP contribution in [0.25, 0.3) is 0 Å². The van der Waals surface area contributed by atoms with Gasteiger partial charge in [-0.15, -0.1) is 0 Å². The van der Waals surface area contributed by atoms with Crippen LogP contribution in [0.4, 0.5) is 16.2 Å². The number of fused-ring (bicyclic) bond motifs is 1. The Morgan fingerprint density at radius 2 is 1.86 bits per heavy atom. The van der Waals surface area contributed by atoms with Crippen molar-refractivity contribution in [2.24, 2.45) is 0 Å². The molecule has 0 saturated heterocycles. The molecule has 0 saturated carbocycles. The molecule has 0 spiro atoms. The number of benzene rings is 2. The Kier molecular flexibility index (Phi) is 5.24. The molecule has 6 nitrogen and oxygen atoms in total. The minimum atomic E-state index is -0.198. The molecule has 6 heteroatoms. The molecule has 1 atom stereocenters. The van der Waals surface area contributed by atoms with Crippen molar-refractivity contribution in [3.63, 3.8) is 0 Å². The van der Waals surface area contributed by atoms with Crippen LogP contribution in [0.1, 0.15) is 34.5 Å². The van der Waals surface area contributed by atoms with Gasteiger partial charge in [0.05, 0.1) is 6.04 Å². The summed E-state index contributed by atoms with van der Waals surface area (Å²) in [5.41, 5.74) is 3.96. The predicted molar refractivity (Wildman–Crippen MR) is 113 cm³/mol. The average Bonchev–Trinajstić information content (AvgIpc) is 3.19. The van der Waals surface area contributed by atoms with Gasteiger partial charge in [-0.25, -0.2) is 4.79 Å². The fourth-order valence-electron chi connectivity index (χ4n) is 3.56. The second-order valence-electron chi connectivity index (χ2n) is 6.98. The van der Waals surface area contributed by atoms with Crippen molar-refractivity contribution in [3.8, 4) is 0 Å². The molecule has 1 aliphatic rings. The van der Waals surface area contributed by atoms with Gasteiger partial charge in [0.1, 0.15) is 0 Å². The van der Waals surface area contributed by atoms with E-state index in [0.29, 0.717) is 18.5 Å². The predicted octanol–water partition coefficient (Wildman–Crippen LogP) is 4.17. The van der Waals surface area contributed by atoms with Crippen molar-refractivity contribution < 1.29 is 9.59 Å². The number of hydrogen-bond donors (Lipinski definition) is 2. The van der Waals surface area contributed by atoms with Gasteiger partial charge < -0.3 is 10.6 Å². The van der Waals surface area contributed by atoms with Gasteiger partial charge in [-0.3, -0.25) is 14.7 Å². The van der Waals surface area contributed by atoms with Crippen LogP contribution in [-0.2, 0) is 6.42 Å². The lowest BCUT2D eigenvalue weighted by atomic mass is 10.0. The second-order valence-corrected chi connectivity index (χ2v) is 6.98. The zero-order chi connectivity index (χ0) is 20.2. The summed E-state index contributed by atoms with van der Waals surface area (Å²) in [5, 5.41) is 5.93. The lowest BCUT2D eigenvalue weighted by molar-refractivity contribution is 0.0939. The number of amides is 3. The molecule has 1 aromatic heterocycles. The summed E-state index contributed by atoms with van der Waals surface area (Å²) in [5.74, 6) is -0.150. The lowest BCUT2D eigenvalue weighted by Gasteiger charge is -2.19. The van der Waals surface area contributed by atoms with Gasteiger partial charge in [-0.1, -0.05) is 30.3 Å². The van der Waals surface area contributed by atoms with E-state index < -0.39 is 0 Å². The summed E-state index contributed by atoms with van der Waals surface area (Å²) >= 11 is 0. The highest BCUT2D eigenvalue weighted by atomic mass is 16.2. The molecule has 2 N–H and O–H groups in total. The SMILES string of the molecule is C[C@@H](NC(=O)c1cccc2c1CCN2C(=O)Nc1ccccc1)c1cccnc1. The van der Waals surface area contributed by atoms with Crippen molar-refractivity contribution in [2.75, 3.05) is 16.8 Å². The van der Waals surface area contributed by atoms with Crippen LogP contribution >= 0.6 is 0 Å². The van der Waals surface area contributed by atoms with Crippen molar-refractivity contribution in [3.05, 3.63) is 89.7 Å². The summed E-state index contributed by atoms with van der Waals surface area (Å²) < 4.78 is 0. The van der Waals surface area contributed by atoms with Gasteiger partial charge >= 0.3 is 6.03 Å². The second kappa shape index (κ2) is 8.14. The number of nitrogens with one attached hydrogen (secondary N) is 2. The maximum Gasteiger partial charge on any atom is 0.326 e. The Balaban J connectivity index is 1.51. The van der Waals surface area contributed by atoms with Crippen LogP contribution in [0.2, 0.25) is 0 Å². The number of carbonyl (C=O) groups is 2. The number of anilines is 2. The molecular weight excluding hydrogens is 364 g/mol. The molecule has 2 aromatic carbocycles. The Bertz CT molecular complexity index is 1020. The Morgan fingerprint density at radius 3 is 2.62 bits per heavy atom. The van der Waals surface area contributed by atoms with Crippen molar-refractivity contribution >= 4 is 23.3 Å². The summed E-state index contributed by atoms with van der Waals surface area (Å²) in [6, 6.07) is 18.3. The molecular formula is C23H22N4O2. The number of pyridine rings is 1. The molecule has 4 rings (SSSR count). The first kappa shape index (κ1) is 18.7. The molecule has 0 aliphatic carbocycles. The lowest BCUT2D eigenvalue weighted by Crippen LogP contribution is -2.33. The highest BCUT2D eigenvalue weighted by Crippen LogP contribution is 2.31. The first-order valence-corrected chi connectivity index (χ1v) is 9.60. The van der Waals surface area contributed by atoms with E-state index in [0.717, 1.165) is 22.5 Å². The molecule has 0 unspecified atom stereocenters. The Hall–Kier alpha value is -3.67.